The molecule has 8 fully saturated rings. The molecular formula is C12H50FeN10O16+6. The van der Waals surface area contributed by atoms with Crippen LogP contribution in [-0.2, 0) is 49.9 Å². The van der Waals surface area contributed by atoms with Gasteiger partial charge in [-0.1, -0.05) is 0 Å². The molecule has 8 rings (SSSR count). The molecule has 0 radical (unpaired) electrons. The zero-order valence-electron chi connectivity index (χ0n) is 21.2. The number of hydrogen-bond donors (Lipinski definition) is 0. The fourth-order valence-corrected chi connectivity index (χ4v) is 4.47. The van der Waals surface area contributed by atoms with Crippen molar-refractivity contribution in [2.45, 2.75) is 0 Å². The molecule has 0 aliphatic carbocycles. The Morgan fingerprint density at radius 1 is 0.333 bits per heavy atom. The molecule has 0 spiro atoms. The van der Waals surface area contributed by atoms with E-state index in [0.29, 0.717) is 0 Å². The van der Waals surface area contributed by atoms with Gasteiger partial charge < -0.3 is 85.4 Å². The molecular weight excluding hydrogens is 596 g/mol. The van der Waals surface area contributed by atoms with Crippen molar-refractivity contribution in [3.05, 3.63) is 30.6 Å². The second-order valence-corrected chi connectivity index (χ2v) is 7.51. The zero-order chi connectivity index (χ0) is 20.3. The van der Waals surface area contributed by atoms with Gasteiger partial charge in [0.25, 0.3) is 0 Å². The van der Waals surface area contributed by atoms with Crippen molar-refractivity contribution in [3.63, 3.8) is 0 Å². The maximum atomic E-state index is 8.25. The topological polar surface area (TPSA) is 482 Å². The van der Waals surface area contributed by atoms with E-state index in [0.717, 1.165) is 0 Å². The van der Waals surface area contributed by atoms with Gasteiger partial charge in [0.2, 0.25) is 0 Å². The Kier molecular flexibility index (Phi) is 43.6. The molecule has 0 aromatic heterocycles. The summed E-state index contributed by atoms with van der Waals surface area (Å²) in [5, 5.41) is 29.5. The van der Waals surface area contributed by atoms with E-state index in [1.54, 1.807) is 0 Å². The van der Waals surface area contributed by atoms with Gasteiger partial charge in [-0.2, -0.15) is 0 Å². The Morgan fingerprint density at radius 3 is 0.436 bits per heavy atom. The van der Waals surface area contributed by atoms with Crippen molar-refractivity contribution in [3.8, 4) is 0 Å². The average Bonchev–Trinajstić information content (AvgIpc) is 2.51. The normalized spacial score (nSPS) is 30.8. The van der Waals surface area contributed by atoms with Crippen molar-refractivity contribution in [1.82, 2.24) is 39.2 Å². The van der Waals surface area contributed by atoms with Crippen molar-refractivity contribution in [2.24, 2.45) is 0 Å². The molecule has 0 saturated carbocycles. The third-order valence-electron chi connectivity index (χ3n) is 4.80. The number of rotatable bonds is 0. The first-order valence-corrected chi connectivity index (χ1v) is 8.68. The standard InChI is InChI=1S/2C6H12N4.Fe.2NO3.10H2O/c2*1-7-2-9-4-8(1)5-10(3-7)6-9;;2*2-1(3)4;;;;;;;;;;/h2*1-6H2;;;;10*1H2/q;;+2;2*-1;;;;;;;;;;/p+6. The first-order valence-electron chi connectivity index (χ1n) is 8.68. The van der Waals surface area contributed by atoms with Crippen LogP contribution in [0.1, 0.15) is 0 Å². The van der Waals surface area contributed by atoms with Crippen LogP contribution in [0.25, 0.3) is 0 Å². The molecule has 27 heteroatoms. The Morgan fingerprint density at radius 2 is 0.385 bits per heavy atom. The number of nitrogens with zero attached hydrogens (tertiary/aromatic N) is 10. The van der Waals surface area contributed by atoms with E-state index in [1.807, 2.05) is 0 Å². The van der Waals surface area contributed by atoms with Crippen molar-refractivity contribution < 1.29 is 82.0 Å². The minimum atomic E-state index is -1.75. The van der Waals surface area contributed by atoms with Crippen LogP contribution in [0, 0.1) is 30.6 Å². The first kappa shape index (κ1) is 61.3. The molecule has 0 aromatic rings. The van der Waals surface area contributed by atoms with Crippen LogP contribution >= 0.6 is 0 Å². The SMILES string of the molecule is C1N2CN3CN1CN(C2)C3.C1N2CN3CN1CN(C2)C3.O.O.O.O.O=[N+]([O-])[O-].O=[N+]([O-])[O-].[Fe+2].[OH3+].[OH3+].[OH3+].[OH3+].[OH3+].[OH3+]. The second kappa shape index (κ2) is 27.8. The summed E-state index contributed by atoms with van der Waals surface area (Å²) >= 11 is 0. The van der Waals surface area contributed by atoms with Gasteiger partial charge >= 0.3 is 17.1 Å². The fourth-order valence-electron chi connectivity index (χ4n) is 4.47. The quantitative estimate of drug-likeness (QED) is 0.102. The summed E-state index contributed by atoms with van der Waals surface area (Å²) in [6, 6.07) is 0. The Hall–Kier alpha value is -1.80. The van der Waals surface area contributed by atoms with Crippen LogP contribution in [0.5, 0.6) is 0 Å². The molecule has 8 aliphatic heterocycles. The van der Waals surface area contributed by atoms with Crippen LogP contribution in [-0.4, -0.2) is 151 Å². The molecule has 8 saturated heterocycles. The molecule has 0 amide bonds. The summed E-state index contributed by atoms with van der Waals surface area (Å²) in [5.41, 5.74) is 0. The van der Waals surface area contributed by atoms with Crippen LogP contribution < -0.4 is 0 Å². The summed E-state index contributed by atoms with van der Waals surface area (Å²) in [5.74, 6) is 0. The van der Waals surface area contributed by atoms with E-state index < -0.39 is 10.2 Å². The zero-order valence-corrected chi connectivity index (χ0v) is 22.3. The van der Waals surface area contributed by atoms with Gasteiger partial charge in [-0.25, -0.2) is 0 Å². The van der Waals surface area contributed by atoms with Gasteiger partial charge in [0.15, 0.2) is 0 Å². The van der Waals surface area contributed by atoms with Gasteiger partial charge in [-0.15, -0.1) is 0 Å². The summed E-state index contributed by atoms with van der Waals surface area (Å²) < 4.78 is 0. The molecule has 8 bridgehead atoms. The largest absolute Gasteiger partial charge is 2.00 e. The van der Waals surface area contributed by atoms with Crippen molar-refractivity contribution >= 4 is 0 Å². The molecule has 0 unspecified atom stereocenters. The second-order valence-electron chi connectivity index (χ2n) is 7.51. The van der Waals surface area contributed by atoms with Gasteiger partial charge in [0, 0.05) is 0 Å². The molecule has 246 valence electrons. The number of hydrogen-bond acceptors (Lipinski definition) is 14. The minimum absolute atomic E-state index is 0. The van der Waals surface area contributed by atoms with Gasteiger partial charge in [-0.3, -0.25) is 39.2 Å². The Balaban J connectivity index is -0.0000000428. The molecule has 0 atom stereocenters. The van der Waals surface area contributed by atoms with Crippen LogP contribution in [0.3, 0.4) is 0 Å². The van der Waals surface area contributed by atoms with Crippen LogP contribution in [0.15, 0.2) is 0 Å². The monoisotopic (exact) mass is 646 g/mol. The molecule has 26 N–H and O–H groups in total. The maximum absolute atomic E-state index is 8.25. The van der Waals surface area contributed by atoms with E-state index in [2.05, 4.69) is 39.2 Å². The van der Waals surface area contributed by atoms with E-state index in [-0.39, 0.29) is 71.8 Å². The first-order chi connectivity index (χ1) is 13.3. The Bertz CT molecular complexity index is 421. The Labute approximate surface area is 232 Å². The minimum Gasteiger partial charge on any atom is -0.457 e. The molecule has 8 aliphatic rings. The average molecular weight is 646 g/mol. The van der Waals surface area contributed by atoms with E-state index in [1.165, 1.54) is 80.0 Å². The van der Waals surface area contributed by atoms with Crippen molar-refractivity contribution in [2.75, 3.05) is 80.0 Å². The summed E-state index contributed by atoms with van der Waals surface area (Å²) in [7, 11) is 0. The van der Waals surface area contributed by atoms with Gasteiger partial charge in [0.1, 0.15) is 0 Å². The summed E-state index contributed by atoms with van der Waals surface area (Å²) in [6.45, 7) is 14.2. The molecule has 8 heterocycles. The smallest absolute Gasteiger partial charge is 0.457 e. The van der Waals surface area contributed by atoms with Gasteiger partial charge in [-0.05, 0) is 0 Å². The van der Waals surface area contributed by atoms with Crippen molar-refractivity contribution in [1.29, 1.82) is 0 Å². The summed E-state index contributed by atoms with van der Waals surface area (Å²) in [4.78, 5) is 36.2. The summed E-state index contributed by atoms with van der Waals surface area (Å²) in [6.07, 6.45) is 0. The molecule has 39 heavy (non-hydrogen) atoms. The van der Waals surface area contributed by atoms with E-state index in [4.69, 9.17) is 30.6 Å². The van der Waals surface area contributed by atoms with E-state index >= 15 is 0 Å². The molecule has 26 nitrogen and oxygen atoms in total. The maximum Gasteiger partial charge on any atom is 2.00 e. The molecule has 0 aromatic carbocycles. The third kappa shape index (κ3) is 19.8. The van der Waals surface area contributed by atoms with Crippen LogP contribution in [0.2, 0.25) is 0 Å². The van der Waals surface area contributed by atoms with E-state index in [9.17, 15) is 0 Å². The van der Waals surface area contributed by atoms with Crippen LogP contribution in [0.4, 0.5) is 0 Å². The fraction of sp³-hybridized carbons (Fsp3) is 1.00. The predicted molar refractivity (Wildman–Crippen MR) is 138 cm³/mol. The predicted octanol–water partition coefficient (Wildman–Crippen LogP) is -11.4. The third-order valence-corrected chi connectivity index (χ3v) is 4.80. The van der Waals surface area contributed by atoms with Gasteiger partial charge in [0.05, 0.1) is 90.2 Å².